The molecule has 0 amide bonds. The summed E-state index contributed by atoms with van der Waals surface area (Å²) < 4.78 is 11.4. The van der Waals surface area contributed by atoms with Crippen LogP contribution < -0.4 is 4.74 Å². The SMILES string of the molecule is COc1cc(/C=C/C(=O)OC2CCC34CC35CCC3(C)C([C@H](C)CCC=C(C)C)CC[C@@]3(C)C5CCC4C2(C)C)ccc1O. The quantitative estimate of drug-likeness (QED) is 0.183. The molecule has 5 saturated carbocycles. The topological polar surface area (TPSA) is 55.8 Å². The largest absolute Gasteiger partial charge is 0.504 e. The number of methoxy groups -OCH3 is 1. The Hall–Kier alpha value is -2.23. The van der Waals surface area contributed by atoms with Crippen molar-refractivity contribution in [2.45, 2.75) is 125 Å². The summed E-state index contributed by atoms with van der Waals surface area (Å²) in [6.07, 6.45) is 20.1. The van der Waals surface area contributed by atoms with Crippen LogP contribution in [0.25, 0.3) is 6.08 Å². The van der Waals surface area contributed by atoms with Crippen molar-refractivity contribution in [2.24, 2.45) is 50.7 Å². The number of carbonyl (C=O) groups is 1. The lowest BCUT2D eigenvalue weighted by Crippen LogP contribution is -2.58. The minimum atomic E-state index is -0.276. The van der Waals surface area contributed by atoms with Gasteiger partial charge in [0.05, 0.1) is 7.11 Å². The van der Waals surface area contributed by atoms with Gasteiger partial charge in [0.2, 0.25) is 0 Å². The Bertz CT molecular complexity index is 1340. The van der Waals surface area contributed by atoms with Gasteiger partial charge < -0.3 is 14.6 Å². The molecule has 1 aromatic rings. The van der Waals surface area contributed by atoms with E-state index in [9.17, 15) is 9.90 Å². The molecule has 2 spiro atoms. The summed E-state index contributed by atoms with van der Waals surface area (Å²) in [4.78, 5) is 13.1. The van der Waals surface area contributed by atoms with Gasteiger partial charge in [-0.2, -0.15) is 0 Å². The molecule has 5 aliphatic rings. The summed E-state index contributed by atoms with van der Waals surface area (Å²) in [6, 6.07) is 5.09. The van der Waals surface area contributed by atoms with Crippen molar-refractivity contribution in [1.82, 2.24) is 0 Å². The maximum atomic E-state index is 13.1. The number of ether oxygens (including phenoxy) is 2. The van der Waals surface area contributed by atoms with Gasteiger partial charge in [-0.15, -0.1) is 0 Å². The van der Waals surface area contributed by atoms with E-state index < -0.39 is 0 Å². The normalized spacial score (nSPS) is 40.6. The predicted octanol–water partition coefficient (Wildman–Crippen LogP) is 10.1. The molecule has 1 aromatic carbocycles. The molecular formula is C40H58O4. The van der Waals surface area contributed by atoms with Gasteiger partial charge in [0.25, 0.3) is 0 Å². The lowest BCUT2D eigenvalue weighted by Gasteiger charge is -2.63. The fourth-order valence-corrected chi connectivity index (χ4v) is 12.5. The Morgan fingerprint density at radius 1 is 0.977 bits per heavy atom. The van der Waals surface area contributed by atoms with Gasteiger partial charge in [-0.05, 0) is 154 Å². The molecule has 6 rings (SSSR count). The molecule has 44 heavy (non-hydrogen) atoms. The number of allylic oxidation sites excluding steroid dienone is 2. The highest BCUT2D eigenvalue weighted by Crippen LogP contribution is 2.89. The first-order chi connectivity index (χ1) is 20.7. The third-order valence-electron chi connectivity index (χ3n) is 14.8. The van der Waals surface area contributed by atoms with Crippen LogP contribution in [0, 0.1) is 50.7 Å². The first-order valence-electron chi connectivity index (χ1n) is 17.6. The fraction of sp³-hybridized carbons (Fsp3) is 0.725. The van der Waals surface area contributed by atoms with Crippen molar-refractivity contribution in [3.63, 3.8) is 0 Å². The van der Waals surface area contributed by atoms with Crippen molar-refractivity contribution in [3.05, 3.63) is 41.5 Å². The fourth-order valence-electron chi connectivity index (χ4n) is 12.5. The third kappa shape index (κ3) is 4.62. The Morgan fingerprint density at radius 2 is 1.70 bits per heavy atom. The number of benzene rings is 1. The molecule has 5 aliphatic carbocycles. The lowest BCUT2D eigenvalue weighted by molar-refractivity contribution is -0.179. The summed E-state index contributed by atoms with van der Waals surface area (Å²) in [5.74, 6) is 3.33. The molecule has 0 bridgehead atoms. The Labute approximate surface area is 267 Å². The Morgan fingerprint density at radius 3 is 2.43 bits per heavy atom. The van der Waals surface area contributed by atoms with Crippen LogP contribution in [0.15, 0.2) is 35.9 Å². The van der Waals surface area contributed by atoms with Crippen LogP contribution in [0.3, 0.4) is 0 Å². The number of fused-ring (bicyclic) bond motifs is 2. The molecule has 1 N–H and O–H groups in total. The van der Waals surface area contributed by atoms with Gasteiger partial charge in [0, 0.05) is 11.5 Å². The second-order valence-corrected chi connectivity index (χ2v) is 17.0. The van der Waals surface area contributed by atoms with Crippen molar-refractivity contribution in [2.75, 3.05) is 7.11 Å². The van der Waals surface area contributed by atoms with Gasteiger partial charge in [-0.25, -0.2) is 4.79 Å². The number of carbonyl (C=O) groups excluding carboxylic acids is 1. The molecule has 0 heterocycles. The second-order valence-electron chi connectivity index (χ2n) is 17.0. The zero-order chi connectivity index (χ0) is 31.7. The monoisotopic (exact) mass is 602 g/mol. The summed E-state index contributed by atoms with van der Waals surface area (Å²) in [7, 11) is 1.53. The highest BCUT2D eigenvalue weighted by atomic mass is 16.5. The van der Waals surface area contributed by atoms with Gasteiger partial charge in [0.15, 0.2) is 11.5 Å². The number of aromatic hydroxyl groups is 1. The molecule has 7 unspecified atom stereocenters. The summed E-state index contributed by atoms with van der Waals surface area (Å²) in [5.41, 5.74) is 4.08. The molecule has 4 heteroatoms. The van der Waals surface area contributed by atoms with Gasteiger partial charge in [-0.1, -0.05) is 52.3 Å². The highest BCUT2D eigenvalue weighted by Gasteiger charge is 2.82. The number of phenolic OH excluding ortho intramolecular Hbond substituents is 1. The molecule has 0 saturated heterocycles. The van der Waals surface area contributed by atoms with E-state index in [1.54, 1.807) is 24.3 Å². The number of hydrogen-bond donors (Lipinski definition) is 1. The summed E-state index contributed by atoms with van der Waals surface area (Å²) in [6.45, 7) is 17.2. The summed E-state index contributed by atoms with van der Waals surface area (Å²) >= 11 is 0. The molecular weight excluding hydrogens is 544 g/mol. The van der Waals surface area contributed by atoms with Crippen LogP contribution in [0.2, 0.25) is 0 Å². The molecule has 0 radical (unpaired) electrons. The minimum Gasteiger partial charge on any atom is -0.504 e. The minimum absolute atomic E-state index is 0.0305. The van der Waals surface area contributed by atoms with E-state index >= 15 is 0 Å². The maximum absolute atomic E-state index is 13.1. The first-order valence-corrected chi connectivity index (χ1v) is 17.6. The highest BCUT2D eigenvalue weighted by molar-refractivity contribution is 5.87. The third-order valence-corrected chi connectivity index (χ3v) is 14.8. The van der Waals surface area contributed by atoms with Crippen molar-refractivity contribution >= 4 is 12.0 Å². The van der Waals surface area contributed by atoms with Crippen LogP contribution in [-0.2, 0) is 9.53 Å². The summed E-state index contributed by atoms with van der Waals surface area (Å²) in [5, 5.41) is 9.88. The van der Waals surface area contributed by atoms with E-state index in [4.69, 9.17) is 9.47 Å². The second kappa shape index (κ2) is 10.9. The van der Waals surface area contributed by atoms with E-state index in [1.165, 1.54) is 83.0 Å². The maximum Gasteiger partial charge on any atom is 0.331 e. The van der Waals surface area contributed by atoms with Crippen LogP contribution in [0.5, 0.6) is 11.5 Å². The number of hydrogen-bond acceptors (Lipinski definition) is 4. The Kier molecular flexibility index (Phi) is 7.89. The zero-order valence-electron chi connectivity index (χ0n) is 28.8. The van der Waals surface area contributed by atoms with Gasteiger partial charge >= 0.3 is 5.97 Å². The van der Waals surface area contributed by atoms with E-state index in [0.29, 0.717) is 33.3 Å². The Balaban J connectivity index is 1.15. The van der Waals surface area contributed by atoms with Crippen molar-refractivity contribution < 1.29 is 19.4 Å². The molecule has 242 valence electrons. The van der Waals surface area contributed by atoms with Gasteiger partial charge in [-0.3, -0.25) is 0 Å². The molecule has 5 fully saturated rings. The molecule has 9 atom stereocenters. The average molecular weight is 603 g/mol. The number of rotatable bonds is 8. The van der Waals surface area contributed by atoms with E-state index in [1.807, 2.05) is 0 Å². The van der Waals surface area contributed by atoms with Crippen LogP contribution in [0.4, 0.5) is 0 Å². The number of esters is 1. The van der Waals surface area contributed by atoms with Crippen LogP contribution in [0.1, 0.15) is 125 Å². The molecule has 4 nitrogen and oxygen atoms in total. The van der Waals surface area contributed by atoms with E-state index in [0.717, 1.165) is 29.7 Å². The zero-order valence-corrected chi connectivity index (χ0v) is 28.8. The van der Waals surface area contributed by atoms with Gasteiger partial charge in [0.1, 0.15) is 6.10 Å². The van der Waals surface area contributed by atoms with E-state index in [-0.39, 0.29) is 23.2 Å². The lowest BCUT2D eigenvalue weighted by atomic mass is 9.41. The van der Waals surface area contributed by atoms with Crippen LogP contribution >= 0.6 is 0 Å². The van der Waals surface area contributed by atoms with Crippen molar-refractivity contribution in [1.29, 1.82) is 0 Å². The van der Waals surface area contributed by atoms with E-state index in [2.05, 4.69) is 54.5 Å². The predicted molar refractivity (Wildman–Crippen MR) is 178 cm³/mol. The smallest absolute Gasteiger partial charge is 0.331 e. The number of phenols is 1. The molecule has 0 aromatic heterocycles. The molecule has 0 aliphatic heterocycles. The first kappa shape index (κ1) is 31.7. The van der Waals surface area contributed by atoms with Crippen LogP contribution in [-0.4, -0.2) is 24.3 Å². The standard InChI is InChI=1S/C40H58O4/c1-26(2)10-9-11-27(3)29-18-20-38(7)33-16-15-32-36(4,5)34(19-21-39(32)25-40(33,39)23-22-37(29,38)6)44-35(42)17-13-28-12-14-30(41)31(24-28)43-8/h10,12-14,17,24,27,29,32-34,41H,9,11,15-16,18-23,25H2,1-8H3/b17-13+/t27-,29?,32?,33?,34?,37?,38+,39?,40?/m1/s1. The average Bonchev–Trinajstić information content (AvgIpc) is 3.55. The van der Waals surface area contributed by atoms with Crippen molar-refractivity contribution in [3.8, 4) is 11.5 Å².